The van der Waals surface area contributed by atoms with E-state index >= 15 is 0 Å². The van der Waals surface area contributed by atoms with E-state index in [4.69, 9.17) is 10.8 Å². The Morgan fingerprint density at radius 1 is 1.42 bits per heavy atom. The lowest BCUT2D eigenvalue weighted by Crippen LogP contribution is -2.12. The number of amides is 1. The zero-order valence-corrected chi connectivity index (χ0v) is 10.9. The second kappa shape index (κ2) is 7.35. The number of aromatic nitrogens is 1. The van der Waals surface area contributed by atoms with E-state index in [0.29, 0.717) is 30.3 Å². The first-order valence-electron chi connectivity index (χ1n) is 6.20. The number of carboxylic acids is 1. The maximum Gasteiger partial charge on any atom is 0.303 e. The highest BCUT2D eigenvalue weighted by molar-refractivity contribution is 5.92. The molecule has 0 aliphatic heterocycles. The standard InChI is InChI=1S/C13H19N3O3/c1-9(2-5-12(17)18)6-7-15-11-4-3-10(8-16-11)13(14)19/h3-4,8-9H,2,5-7H2,1H3,(H2,14,19)(H,15,16)(H,17,18). The van der Waals surface area contributed by atoms with Crippen molar-refractivity contribution in [3.8, 4) is 0 Å². The Morgan fingerprint density at radius 2 is 2.16 bits per heavy atom. The number of pyridine rings is 1. The van der Waals surface area contributed by atoms with Gasteiger partial charge in [0.1, 0.15) is 5.82 Å². The predicted molar refractivity (Wildman–Crippen MR) is 71.9 cm³/mol. The van der Waals surface area contributed by atoms with Gasteiger partial charge in [0, 0.05) is 19.2 Å². The van der Waals surface area contributed by atoms with Gasteiger partial charge in [-0.25, -0.2) is 4.98 Å². The van der Waals surface area contributed by atoms with E-state index in [2.05, 4.69) is 10.3 Å². The molecule has 4 N–H and O–H groups in total. The molecule has 1 aromatic rings. The van der Waals surface area contributed by atoms with Crippen molar-refractivity contribution in [1.29, 1.82) is 0 Å². The smallest absolute Gasteiger partial charge is 0.303 e. The second-order valence-electron chi connectivity index (χ2n) is 4.55. The first kappa shape index (κ1) is 14.9. The van der Waals surface area contributed by atoms with Crippen molar-refractivity contribution in [3.63, 3.8) is 0 Å². The number of carboxylic acid groups (broad SMARTS) is 1. The summed E-state index contributed by atoms with van der Waals surface area (Å²) in [7, 11) is 0. The summed E-state index contributed by atoms with van der Waals surface area (Å²) in [6.07, 6.45) is 3.17. The molecule has 1 atom stereocenters. The van der Waals surface area contributed by atoms with Gasteiger partial charge >= 0.3 is 5.97 Å². The fourth-order valence-electron chi connectivity index (χ4n) is 1.61. The minimum Gasteiger partial charge on any atom is -0.481 e. The van der Waals surface area contributed by atoms with Crippen LogP contribution in [-0.4, -0.2) is 28.5 Å². The summed E-state index contributed by atoms with van der Waals surface area (Å²) in [5, 5.41) is 11.7. The molecule has 1 rings (SSSR count). The number of hydrogen-bond donors (Lipinski definition) is 3. The van der Waals surface area contributed by atoms with Crippen LogP contribution in [0.1, 0.15) is 36.5 Å². The Bertz CT molecular complexity index is 431. The Morgan fingerprint density at radius 3 is 2.68 bits per heavy atom. The molecule has 19 heavy (non-hydrogen) atoms. The zero-order chi connectivity index (χ0) is 14.3. The number of aliphatic carboxylic acids is 1. The van der Waals surface area contributed by atoms with Crippen molar-refractivity contribution in [3.05, 3.63) is 23.9 Å². The molecule has 6 nitrogen and oxygen atoms in total. The number of nitrogens with one attached hydrogen (secondary N) is 1. The van der Waals surface area contributed by atoms with Crippen molar-refractivity contribution < 1.29 is 14.7 Å². The number of carbonyl (C=O) groups excluding carboxylic acids is 1. The normalized spacial score (nSPS) is 11.8. The highest BCUT2D eigenvalue weighted by Gasteiger charge is 2.06. The van der Waals surface area contributed by atoms with Crippen molar-refractivity contribution in [1.82, 2.24) is 4.98 Å². The van der Waals surface area contributed by atoms with Gasteiger partial charge < -0.3 is 16.2 Å². The molecular weight excluding hydrogens is 246 g/mol. The Kier molecular flexibility index (Phi) is 5.78. The van der Waals surface area contributed by atoms with Gasteiger partial charge in [0.2, 0.25) is 5.91 Å². The molecule has 0 bridgehead atoms. The highest BCUT2D eigenvalue weighted by atomic mass is 16.4. The van der Waals surface area contributed by atoms with Crippen LogP contribution in [0, 0.1) is 5.92 Å². The number of nitrogens with two attached hydrogens (primary N) is 1. The summed E-state index contributed by atoms with van der Waals surface area (Å²) >= 11 is 0. The molecule has 1 unspecified atom stereocenters. The van der Waals surface area contributed by atoms with Crippen LogP contribution in [0.5, 0.6) is 0 Å². The largest absolute Gasteiger partial charge is 0.481 e. The van der Waals surface area contributed by atoms with E-state index < -0.39 is 11.9 Å². The monoisotopic (exact) mass is 265 g/mol. The fraction of sp³-hybridized carbons (Fsp3) is 0.462. The van der Waals surface area contributed by atoms with Gasteiger partial charge in [0.15, 0.2) is 0 Å². The quantitative estimate of drug-likeness (QED) is 0.660. The zero-order valence-electron chi connectivity index (χ0n) is 10.9. The lowest BCUT2D eigenvalue weighted by molar-refractivity contribution is -0.137. The molecule has 1 aromatic heterocycles. The molecule has 6 heteroatoms. The van der Waals surface area contributed by atoms with Crippen LogP contribution < -0.4 is 11.1 Å². The number of hydrogen-bond acceptors (Lipinski definition) is 4. The lowest BCUT2D eigenvalue weighted by atomic mass is 10.0. The SMILES string of the molecule is CC(CCNc1ccc(C(N)=O)cn1)CCC(=O)O. The van der Waals surface area contributed by atoms with E-state index in [9.17, 15) is 9.59 Å². The Labute approximate surface area is 112 Å². The van der Waals surface area contributed by atoms with Crippen LogP contribution in [0.25, 0.3) is 0 Å². The molecule has 0 aliphatic carbocycles. The molecular formula is C13H19N3O3. The average Bonchev–Trinajstić information content (AvgIpc) is 2.37. The molecule has 1 heterocycles. The number of primary amides is 1. The average molecular weight is 265 g/mol. The molecule has 0 spiro atoms. The van der Waals surface area contributed by atoms with E-state index in [1.165, 1.54) is 6.20 Å². The summed E-state index contributed by atoms with van der Waals surface area (Å²) < 4.78 is 0. The van der Waals surface area contributed by atoms with Gasteiger partial charge in [-0.15, -0.1) is 0 Å². The number of carbonyl (C=O) groups is 2. The molecule has 0 saturated carbocycles. The molecule has 0 aliphatic rings. The van der Waals surface area contributed by atoms with Crippen molar-refractivity contribution >= 4 is 17.7 Å². The summed E-state index contributed by atoms with van der Waals surface area (Å²) in [5.41, 5.74) is 5.49. The first-order chi connectivity index (χ1) is 8.99. The van der Waals surface area contributed by atoms with Gasteiger partial charge in [-0.2, -0.15) is 0 Å². The first-order valence-corrected chi connectivity index (χ1v) is 6.20. The van der Waals surface area contributed by atoms with Gasteiger partial charge in [0.05, 0.1) is 5.56 Å². The van der Waals surface area contributed by atoms with Crippen LogP contribution in [0.3, 0.4) is 0 Å². The van der Waals surface area contributed by atoms with Gasteiger partial charge in [-0.1, -0.05) is 6.92 Å². The Hall–Kier alpha value is -2.11. The van der Waals surface area contributed by atoms with Crippen LogP contribution in [0.2, 0.25) is 0 Å². The van der Waals surface area contributed by atoms with Gasteiger partial charge in [-0.05, 0) is 30.9 Å². The minimum atomic E-state index is -0.761. The highest BCUT2D eigenvalue weighted by Crippen LogP contribution is 2.11. The maximum atomic E-state index is 10.9. The third-order valence-electron chi connectivity index (χ3n) is 2.84. The number of anilines is 1. The van der Waals surface area contributed by atoms with E-state index in [1.807, 2.05) is 6.92 Å². The number of rotatable bonds is 8. The maximum absolute atomic E-state index is 10.9. The van der Waals surface area contributed by atoms with Crippen LogP contribution in [0.15, 0.2) is 18.3 Å². The van der Waals surface area contributed by atoms with E-state index in [1.54, 1.807) is 12.1 Å². The van der Waals surface area contributed by atoms with Crippen molar-refractivity contribution in [2.24, 2.45) is 11.7 Å². The topological polar surface area (TPSA) is 105 Å². The minimum absolute atomic E-state index is 0.201. The van der Waals surface area contributed by atoms with E-state index in [0.717, 1.165) is 6.42 Å². The molecule has 104 valence electrons. The summed E-state index contributed by atoms with van der Waals surface area (Å²) in [6.45, 7) is 2.73. The molecule has 0 radical (unpaired) electrons. The molecule has 0 aromatic carbocycles. The van der Waals surface area contributed by atoms with Crippen molar-refractivity contribution in [2.45, 2.75) is 26.2 Å². The number of nitrogens with zero attached hydrogens (tertiary/aromatic N) is 1. The summed E-state index contributed by atoms with van der Waals surface area (Å²) in [6, 6.07) is 3.31. The molecule has 0 saturated heterocycles. The van der Waals surface area contributed by atoms with Crippen LogP contribution >= 0.6 is 0 Å². The van der Waals surface area contributed by atoms with Crippen molar-refractivity contribution in [2.75, 3.05) is 11.9 Å². The Balaban J connectivity index is 2.29. The van der Waals surface area contributed by atoms with Gasteiger partial charge in [-0.3, -0.25) is 9.59 Å². The molecule has 0 fully saturated rings. The lowest BCUT2D eigenvalue weighted by Gasteiger charge is -2.11. The third-order valence-corrected chi connectivity index (χ3v) is 2.84. The predicted octanol–water partition coefficient (Wildman–Crippen LogP) is 1.48. The molecule has 1 amide bonds. The summed E-state index contributed by atoms with van der Waals surface area (Å²) in [4.78, 5) is 25.3. The van der Waals surface area contributed by atoms with Crippen LogP contribution in [-0.2, 0) is 4.79 Å². The van der Waals surface area contributed by atoms with Crippen LogP contribution in [0.4, 0.5) is 5.82 Å². The van der Waals surface area contributed by atoms with E-state index in [-0.39, 0.29) is 6.42 Å². The van der Waals surface area contributed by atoms with Gasteiger partial charge in [0.25, 0.3) is 0 Å². The summed E-state index contributed by atoms with van der Waals surface area (Å²) in [5.74, 6) is -0.242. The second-order valence-corrected chi connectivity index (χ2v) is 4.55. The fourth-order valence-corrected chi connectivity index (χ4v) is 1.61. The third kappa shape index (κ3) is 5.85.